The van der Waals surface area contributed by atoms with Crippen LogP contribution in [0.15, 0.2) is 48.5 Å². The Kier molecular flexibility index (Phi) is 7.24. The van der Waals surface area contributed by atoms with Crippen LogP contribution in [0.3, 0.4) is 0 Å². The van der Waals surface area contributed by atoms with Crippen molar-refractivity contribution in [1.82, 2.24) is 0 Å². The number of para-hydroxylation sites is 1. The van der Waals surface area contributed by atoms with Crippen LogP contribution in [-0.2, 0) is 14.2 Å². The van der Waals surface area contributed by atoms with Gasteiger partial charge >= 0.3 is 5.97 Å². The smallest absolute Gasteiger partial charge is 0.338 e. The van der Waals surface area contributed by atoms with Gasteiger partial charge in [-0.2, -0.15) is 0 Å². The van der Waals surface area contributed by atoms with Gasteiger partial charge in [0, 0.05) is 7.11 Å². The summed E-state index contributed by atoms with van der Waals surface area (Å²) < 4.78 is 26.8. The molecule has 1 fully saturated rings. The van der Waals surface area contributed by atoms with E-state index in [1.807, 2.05) is 18.2 Å². The normalized spacial score (nSPS) is 26.1. The first-order valence-corrected chi connectivity index (χ1v) is 9.25. The molecule has 0 bridgehead atoms. The molecule has 1 aliphatic heterocycles. The van der Waals surface area contributed by atoms with Crippen LogP contribution in [0.1, 0.15) is 10.4 Å². The van der Waals surface area contributed by atoms with E-state index in [4.69, 9.17) is 23.7 Å². The third-order valence-electron chi connectivity index (χ3n) is 4.67. The molecule has 3 N–H and O–H groups in total. The second-order valence-electron chi connectivity index (χ2n) is 6.59. The lowest BCUT2D eigenvalue weighted by atomic mass is 9.99. The highest BCUT2D eigenvalue weighted by Crippen LogP contribution is 2.33. The quantitative estimate of drug-likeness (QED) is 0.565. The van der Waals surface area contributed by atoms with Crippen molar-refractivity contribution in [3.8, 4) is 17.2 Å². The van der Waals surface area contributed by atoms with Crippen molar-refractivity contribution in [2.75, 3.05) is 20.8 Å². The van der Waals surface area contributed by atoms with Crippen molar-refractivity contribution in [3.05, 3.63) is 54.1 Å². The summed E-state index contributed by atoms with van der Waals surface area (Å²) >= 11 is 0. The molecule has 3 rings (SSSR count). The fourth-order valence-electron chi connectivity index (χ4n) is 3.06. The minimum Gasteiger partial charge on any atom is -0.493 e. The predicted octanol–water partition coefficient (Wildman–Crippen LogP) is 1.10. The van der Waals surface area contributed by atoms with E-state index in [2.05, 4.69) is 0 Å². The van der Waals surface area contributed by atoms with Crippen molar-refractivity contribution < 1.29 is 43.8 Å². The molecule has 5 atom stereocenters. The van der Waals surface area contributed by atoms with Crippen molar-refractivity contribution in [2.45, 2.75) is 30.7 Å². The highest BCUT2D eigenvalue weighted by atomic mass is 16.7. The number of ether oxygens (including phenoxy) is 5. The first-order valence-electron chi connectivity index (χ1n) is 9.25. The number of rotatable bonds is 7. The van der Waals surface area contributed by atoms with Crippen LogP contribution in [0, 0.1) is 0 Å². The lowest BCUT2D eigenvalue weighted by molar-refractivity contribution is -0.293. The molecule has 162 valence electrons. The van der Waals surface area contributed by atoms with Crippen molar-refractivity contribution >= 4 is 5.97 Å². The minimum atomic E-state index is -1.51. The Morgan fingerprint density at radius 3 is 2.40 bits per heavy atom. The Morgan fingerprint density at radius 2 is 1.77 bits per heavy atom. The molecular formula is C21H24O9. The van der Waals surface area contributed by atoms with Crippen LogP contribution < -0.4 is 9.47 Å². The van der Waals surface area contributed by atoms with Gasteiger partial charge in [0.15, 0.2) is 23.9 Å². The molecule has 0 amide bonds. The lowest BCUT2D eigenvalue weighted by Crippen LogP contribution is -2.60. The average molecular weight is 420 g/mol. The molecule has 0 radical (unpaired) electrons. The number of carbonyl (C=O) groups excluding carboxylic acids is 1. The van der Waals surface area contributed by atoms with Gasteiger partial charge < -0.3 is 39.0 Å². The van der Waals surface area contributed by atoms with E-state index in [0.29, 0.717) is 17.2 Å². The van der Waals surface area contributed by atoms with Gasteiger partial charge in [-0.3, -0.25) is 0 Å². The van der Waals surface area contributed by atoms with Crippen molar-refractivity contribution in [2.24, 2.45) is 0 Å². The Balaban J connectivity index is 1.76. The Morgan fingerprint density at radius 1 is 1.03 bits per heavy atom. The molecule has 9 nitrogen and oxygen atoms in total. The Bertz CT molecular complexity index is 840. The van der Waals surface area contributed by atoms with E-state index < -0.39 is 43.3 Å². The van der Waals surface area contributed by atoms with E-state index in [0.717, 1.165) is 0 Å². The number of carbonyl (C=O) groups is 1. The molecule has 1 aliphatic rings. The molecule has 0 aromatic heterocycles. The number of benzene rings is 2. The molecule has 2 aromatic rings. The zero-order valence-electron chi connectivity index (χ0n) is 16.5. The maximum Gasteiger partial charge on any atom is 0.338 e. The van der Waals surface area contributed by atoms with Gasteiger partial charge in [-0.15, -0.1) is 0 Å². The monoisotopic (exact) mass is 420 g/mol. The summed E-state index contributed by atoms with van der Waals surface area (Å²) in [5.74, 6) is 0.516. The number of hydrogen-bond acceptors (Lipinski definition) is 9. The summed E-state index contributed by atoms with van der Waals surface area (Å²) in [5, 5.41) is 29.6. The van der Waals surface area contributed by atoms with Crippen LogP contribution in [0.5, 0.6) is 17.2 Å². The molecule has 9 heteroatoms. The lowest BCUT2D eigenvalue weighted by Gasteiger charge is -2.40. The number of esters is 1. The minimum absolute atomic E-state index is 0.132. The van der Waals surface area contributed by atoms with E-state index >= 15 is 0 Å². The molecule has 1 heterocycles. The zero-order chi connectivity index (χ0) is 21.7. The maximum atomic E-state index is 12.6. The average Bonchev–Trinajstić information content (AvgIpc) is 2.78. The summed E-state index contributed by atoms with van der Waals surface area (Å²) in [6.07, 6.45) is -6.48. The number of methoxy groups -OCH3 is 2. The topological polar surface area (TPSA) is 124 Å². The van der Waals surface area contributed by atoms with Crippen LogP contribution in [0.2, 0.25) is 0 Å². The van der Waals surface area contributed by atoms with E-state index in [1.165, 1.54) is 26.4 Å². The molecule has 0 unspecified atom stereocenters. The van der Waals surface area contributed by atoms with Gasteiger partial charge in [-0.25, -0.2) is 4.79 Å². The van der Waals surface area contributed by atoms with Gasteiger partial charge in [0.05, 0.1) is 19.3 Å². The molecule has 30 heavy (non-hydrogen) atoms. The molecule has 0 spiro atoms. The second-order valence-corrected chi connectivity index (χ2v) is 6.59. The van der Waals surface area contributed by atoms with Crippen LogP contribution in [0.25, 0.3) is 0 Å². The van der Waals surface area contributed by atoms with Gasteiger partial charge in [-0.05, 0) is 30.3 Å². The SMILES string of the molecule is COc1cc(C(=O)O[C@H]2[C@@H](OC)O[C@H](CO)[C@@H](O)[C@@H]2O)ccc1Oc1ccccc1. The summed E-state index contributed by atoms with van der Waals surface area (Å²) in [6.45, 7) is -0.529. The van der Waals surface area contributed by atoms with Crippen LogP contribution in [-0.4, -0.2) is 72.8 Å². The summed E-state index contributed by atoms with van der Waals surface area (Å²) in [4.78, 5) is 12.6. The summed E-state index contributed by atoms with van der Waals surface area (Å²) in [7, 11) is 2.73. The summed E-state index contributed by atoms with van der Waals surface area (Å²) in [5.41, 5.74) is 0.132. The third kappa shape index (κ3) is 4.72. The second kappa shape index (κ2) is 9.88. The van der Waals surface area contributed by atoms with Crippen molar-refractivity contribution in [3.63, 3.8) is 0 Å². The number of aliphatic hydroxyl groups excluding tert-OH is 3. The maximum absolute atomic E-state index is 12.6. The van der Waals surface area contributed by atoms with Crippen molar-refractivity contribution in [1.29, 1.82) is 0 Å². The fourth-order valence-corrected chi connectivity index (χ4v) is 3.06. The van der Waals surface area contributed by atoms with Gasteiger partial charge in [0.1, 0.15) is 24.1 Å². The van der Waals surface area contributed by atoms with Gasteiger partial charge in [0.2, 0.25) is 0 Å². The van der Waals surface area contributed by atoms with Gasteiger partial charge in [0.25, 0.3) is 0 Å². The largest absolute Gasteiger partial charge is 0.493 e. The zero-order valence-corrected chi connectivity index (χ0v) is 16.5. The Hall–Kier alpha value is -2.69. The molecular weight excluding hydrogens is 396 g/mol. The predicted molar refractivity (Wildman–Crippen MR) is 103 cm³/mol. The van der Waals surface area contributed by atoms with Crippen LogP contribution >= 0.6 is 0 Å². The van der Waals surface area contributed by atoms with E-state index in [9.17, 15) is 20.1 Å². The van der Waals surface area contributed by atoms with Crippen LogP contribution in [0.4, 0.5) is 0 Å². The fraction of sp³-hybridized carbons (Fsp3) is 0.381. The van der Waals surface area contributed by atoms with E-state index in [1.54, 1.807) is 18.2 Å². The Labute approximate surface area is 173 Å². The standard InChI is InChI=1S/C21H24O9/c1-26-15-10-12(8-9-14(15)28-13-6-4-3-5-7-13)20(25)30-19-18(24)17(23)16(11-22)29-21(19)27-2/h3-10,16-19,21-24H,11H2,1-2H3/t16-,17-,18+,19-,21+/m1/s1. The highest BCUT2D eigenvalue weighted by Gasteiger charge is 2.46. The molecule has 2 aromatic carbocycles. The highest BCUT2D eigenvalue weighted by molar-refractivity contribution is 5.90. The van der Waals surface area contributed by atoms with Gasteiger partial charge in [-0.1, -0.05) is 18.2 Å². The first kappa shape index (κ1) is 22.0. The third-order valence-corrected chi connectivity index (χ3v) is 4.67. The first-order chi connectivity index (χ1) is 14.5. The molecule has 0 saturated carbocycles. The molecule has 0 aliphatic carbocycles. The van der Waals surface area contributed by atoms with E-state index in [-0.39, 0.29) is 5.56 Å². The molecule has 1 saturated heterocycles. The summed E-state index contributed by atoms with van der Waals surface area (Å²) in [6, 6.07) is 13.5. The number of hydrogen-bond donors (Lipinski definition) is 3. The number of aliphatic hydroxyl groups is 3.